The molecule has 1 aliphatic carbocycles. The summed E-state index contributed by atoms with van der Waals surface area (Å²) in [6.07, 6.45) is 1.98. The van der Waals surface area contributed by atoms with Gasteiger partial charge in [-0.3, -0.25) is 4.79 Å². The Morgan fingerprint density at radius 1 is 1.15 bits per heavy atom. The van der Waals surface area contributed by atoms with Gasteiger partial charge in [0.05, 0.1) is 9.31 Å². The van der Waals surface area contributed by atoms with Gasteiger partial charge in [-0.05, 0) is 65.4 Å². The van der Waals surface area contributed by atoms with Gasteiger partial charge in [0, 0.05) is 0 Å². The van der Waals surface area contributed by atoms with Crippen molar-refractivity contribution in [3.63, 3.8) is 0 Å². The van der Waals surface area contributed by atoms with Crippen LogP contribution in [0.15, 0.2) is 58.0 Å². The summed E-state index contributed by atoms with van der Waals surface area (Å²) in [5.74, 6) is -0.304. The van der Waals surface area contributed by atoms with Crippen molar-refractivity contribution in [2.75, 3.05) is 0 Å². The van der Waals surface area contributed by atoms with Crippen LogP contribution in [0.1, 0.15) is 25.0 Å². The van der Waals surface area contributed by atoms with Crippen LogP contribution in [-0.2, 0) is 22.8 Å². The zero-order valence-electron chi connectivity index (χ0n) is 15.2. The summed E-state index contributed by atoms with van der Waals surface area (Å²) in [5.41, 5.74) is 2.93. The van der Waals surface area contributed by atoms with Crippen molar-refractivity contribution in [1.82, 2.24) is 0 Å². The topological polar surface area (TPSA) is 26.3 Å². The third-order valence-corrected chi connectivity index (χ3v) is 5.86. The summed E-state index contributed by atoms with van der Waals surface area (Å²) in [7, 11) is 0. The maximum absolute atomic E-state index is 13.8. The first-order valence-electron chi connectivity index (χ1n) is 8.78. The molecule has 2 aromatic carbocycles. The number of ether oxygens (including phenoxy) is 1. The standard InChI is InChI=1S/C22H21Br2FO2/c1-22(2)18(11-19(23)24)20(22)21(26)27-13-15-9-6-10-16(17(15)12-25)14-7-4-3-5-8-14/h3-11,18,20H,12-13H2,1-2H3/t18-,20-/m0/s1. The van der Waals surface area contributed by atoms with Gasteiger partial charge in [0.1, 0.15) is 13.3 Å². The van der Waals surface area contributed by atoms with Crippen LogP contribution >= 0.6 is 31.9 Å². The minimum atomic E-state index is -0.602. The van der Waals surface area contributed by atoms with E-state index in [2.05, 4.69) is 31.9 Å². The fourth-order valence-electron chi connectivity index (χ4n) is 3.63. The Morgan fingerprint density at radius 2 is 1.85 bits per heavy atom. The summed E-state index contributed by atoms with van der Waals surface area (Å²) in [5, 5.41) is 0. The molecule has 1 fully saturated rings. The molecule has 2 nitrogen and oxygen atoms in total. The smallest absolute Gasteiger partial charge is 0.310 e. The lowest BCUT2D eigenvalue weighted by Crippen LogP contribution is -2.11. The predicted octanol–water partition coefficient (Wildman–Crippen LogP) is 6.77. The van der Waals surface area contributed by atoms with Gasteiger partial charge in [-0.1, -0.05) is 68.5 Å². The van der Waals surface area contributed by atoms with Crippen LogP contribution in [0.4, 0.5) is 4.39 Å². The molecule has 0 heterocycles. The number of benzene rings is 2. The number of hydrogen-bond acceptors (Lipinski definition) is 2. The number of rotatable bonds is 6. The molecule has 0 radical (unpaired) electrons. The van der Waals surface area contributed by atoms with Gasteiger partial charge >= 0.3 is 5.97 Å². The van der Waals surface area contributed by atoms with Crippen molar-refractivity contribution in [1.29, 1.82) is 0 Å². The van der Waals surface area contributed by atoms with Gasteiger partial charge in [-0.25, -0.2) is 4.39 Å². The molecule has 142 valence electrons. The van der Waals surface area contributed by atoms with E-state index < -0.39 is 6.67 Å². The van der Waals surface area contributed by atoms with E-state index in [1.54, 1.807) is 0 Å². The minimum absolute atomic E-state index is 0.0806. The van der Waals surface area contributed by atoms with Crippen molar-refractivity contribution in [3.05, 3.63) is 69.1 Å². The Hall–Kier alpha value is -1.46. The third-order valence-electron chi connectivity index (χ3n) is 5.33. The van der Waals surface area contributed by atoms with Crippen molar-refractivity contribution < 1.29 is 13.9 Å². The quantitative estimate of drug-likeness (QED) is 0.413. The van der Waals surface area contributed by atoms with E-state index in [4.69, 9.17) is 4.74 Å². The largest absolute Gasteiger partial charge is 0.461 e. The highest BCUT2D eigenvalue weighted by Crippen LogP contribution is 2.60. The highest BCUT2D eigenvalue weighted by molar-refractivity contribution is 9.28. The van der Waals surface area contributed by atoms with Crippen LogP contribution in [0.3, 0.4) is 0 Å². The second kappa shape index (κ2) is 8.27. The van der Waals surface area contributed by atoms with Crippen molar-refractivity contribution in [2.45, 2.75) is 27.1 Å². The molecule has 27 heavy (non-hydrogen) atoms. The average Bonchev–Trinajstić information content (AvgIpc) is 3.19. The maximum atomic E-state index is 13.8. The predicted molar refractivity (Wildman–Crippen MR) is 113 cm³/mol. The first-order valence-corrected chi connectivity index (χ1v) is 10.4. The Morgan fingerprint density at radius 3 is 2.48 bits per heavy atom. The minimum Gasteiger partial charge on any atom is -0.461 e. The van der Waals surface area contributed by atoms with E-state index in [0.717, 1.165) is 14.5 Å². The van der Waals surface area contributed by atoms with E-state index in [1.807, 2.05) is 68.5 Å². The average molecular weight is 496 g/mol. The first-order chi connectivity index (χ1) is 12.9. The summed E-state index contributed by atoms with van der Waals surface area (Å²) >= 11 is 6.70. The van der Waals surface area contributed by atoms with E-state index in [0.29, 0.717) is 11.1 Å². The fourth-order valence-corrected chi connectivity index (χ4v) is 4.20. The monoisotopic (exact) mass is 494 g/mol. The van der Waals surface area contributed by atoms with Gasteiger partial charge in [-0.15, -0.1) is 0 Å². The normalized spacial score (nSPS) is 20.0. The molecule has 0 N–H and O–H groups in total. The first kappa shape index (κ1) is 20.3. The molecular weight excluding hydrogens is 475 g/mol. The van der Waals surface area contributed by atoms with Gasteiger partial charge in [0.2, 0.25) is 0 Å². The van der Waals surface area contributed by atoms with Crippen LogP contribution < -0.4 is 0 Å². The molecular formula is C22H21Br2FO2. The number of esters is 1. The number of halogens is 3. The molecule has 5 heteroatoms. The van der Waals surface area contributed by atoms with Gasteiger partial charge in [0.25, 0.3) is 0 Å². The molecule has 0 bridgehead atoms. The zero-order chi connectivity index (χ0) is 19.6. The summed E-state index contributed by atoms with van der Waals surface area (Å²) in [4.78, 5) is 12.6. The third kappa shape index (κ3) is 4.35. The summed E-state index contributed by atoms with van der Waals surface area (Å²) in [6.45, 7) is 3.57. The number of hydrogen-bond donors (Lipinski definition) is 0. The van der Waals surface area contributed by atoms with Crippen LogP contribution in [0.5, 0.6) is 0 Å². The SMILES string of the molecule is CC1(C)[C@H](C(=O)OCc2cccc(-c3ccccc3)c2CF)[C@@H]1C=C(Br)Br. The molecule has 2 atom stereocenters. The lowest BCUT2D eigenvalue weighted by Gasteiger charge is -2.13. The molecule has 0 spiro atoms. The van der Waals surface area contributed by atoms with Gasteiger partial charge < -0.3 is 4.74 Å². The molecule has 0 aromatic heterocycles. The van der Waals surface area contributed by atoms with Crippen LogP contribution in [0.2, 0.25) is 0 Å². The molecule has 0 aliphatic heterocycles. The number of allylic oxidation sites excluding steroid dienone is 1. The lowest BCUT2D eigenvalue weighted by atomic mass is 9.96. The molecule has 0 unspecified atom stereocenters. The molecule has 0 amide bonds. The van der Waals surface area contributed by atoms with E-state index >= 15 is 0 Å². The Kier molecular flexibility index (Phi) is 6.21. The Labute approximate surface area is 176 Å². The maximum Gasteiger partial charge on any atom is 0.310 e. The van der Waals surface area contributed by atoms with E-state index in [1.165, 1.54) is 0 Å². The number of alkyl halides is 1. The van der Waals surface area contributed by atoms with Crippen LogP contribution in [0, 0.1) is 17.3 Å². The summed E-state index contributed by atoms with van der Waals surface area (Å²) < 4.78 is 20.2. The molecule has 2 aromatic rings. The highest BCUT2D eigenvalue weighted by Gasteiger charge is 2.61. The van der Waals surface area contributed by atoms with Crippen LogP contribution in [-0.4, -0.2) is 5.97 Å². The second-order valence-corrected chi connectivity index (χ2v) is 10.1. The fraction of sp³-hybridized carbons (Fsp3) is 0.318. The zero-order valence-corrected chi connectivity index (χ0v) is 18.4. The number of carbonyl (C=O) groups excluding carboxylic acids is 1. The number of carbonyl (C=O) groups is 1. The highest BCUT2D eigenvalue weighted by atomic mass is 79.9. The second-order valence-electron chi connectivity index (χ2n) is 7.33. The van der Waals surface area contributed by atoms with Crippen LogP contribution in [0.25, 0.3) is 11.1 Å². The lowest BCUT2D eigenvalue weighted by molar-refractivity contribution is -0.147. The Balaban J connectivity index is 1.75. The molecule has 1 saturated carbocycles. The van der Waals surface area contributed by atoms with E-state index in [9.17, 15) is 9.18 Å². The van der Waals surface area contributed by atoms with Crippen molar-refractivity contribution in [2.24, 2.45) is 17.3 Å². The molecule has 3 rings (SSSR count). The van der Waals surface area contributed by atoms with E-state index in [-0.39, 0.29) is 29.8 Å². The van der Waals surface area contributed by atoms with Crippen molar-refractivity contribution >= 4 is 37.8 Å². The van der Waals surface area contributed by atoms with Crippen molar-refractivity contribution in [3.8, 4) is 11.1 Å². The Bertz CT molecular complexity index is 858. The molecule has 1 aliphatic rings. The van der Waals surface area contributed by atoms with Gasteiger partial charge in [0.15, 0.2) is 0 Å². The molecule has 0 saturated heterocycles. The van der Waals surface area contributed by atoms with Gasteiger partial charge in [-0.2, -0.15) is 0 Å². The summed E-state index contributed by atoms with van der Waals surface area (Å²) in [6, 6.07) is 15.3.